The Kier molecular flexibility index (Phi) is 5.77. The van der Waals surface area contributed by atoms with Gasteiger partial charge in [0.15, 0.2) is 0 Å². The summed E-state index contributed by atoms with van der Waals surface area (Å²) >= 11 is 0. The average Bonchev–Trinajstić information content (AvgIpc) is 2.94. The lowest BCUT2D eigenvalue weighted by molar-refractivity contribution is -0.120. The van der Waals surface area contributed by atoms with E-state index >= 15 is 0 Å². The summed E-state index contributed by atoms with van der Waals surface area (Å²) in [6.45, 7) is 4.20. The molecule has 22 heavy (non-hydrogen) atoms. The highest BCUT2D eigenvalue weighted by Crippen LogP contribution is 2.32. The first-order valence-electron chi connectivity index (χ1n) is 7.66. The van der Waals surface area contributed by atoms with Crippen LogP contribution in [0.3, 0.4) is 0 Å². The summed E-state index contributed by atoms with van der Waals surface area (Å²) in [5, 5.41) is 2.10. The van der Waals surface area contributed by atoms with Crippen molar-refractivity contribution >= 4 is 11.9 Å². The molecule has 1 atom stereocenters. The van der Waals surface area contributed by atoms with Gasteiger partial charge >= 0.3 is 6.03 Å². The number of carbonyl (C=O) groups excluding carboxylic acids is 2. The van der Waals surface area contributed by atoms with Gasteiger partial charge in [0, 0.05) is 19.0 Å². The number of likely N-dealkylation sites (tertiary alicyclic amines) is 1. The summed E-state index contributed by atoms with van der Waals surface area (Å²) in [7, 11) is 0. The van der Waals surface area contributed by atoms with E-state index < -0.39 is 6.03 Å². The third-order valence-electron chi connectivity index (χ3n) is 3.83. The maximum absolute atomic E-state index is 11.5. The van der Waals surface area contributed by atoms with Gasteiger partial charge in [-0.15, -0.1) is 0 Å². The largest absolute Gasteiger partial charge is 0.494 e. The second-order valence-corrected chi connectivity index (χ2v) is 5.36. The Morgan fingerprint density at radius 1 is 1.36 bits per heavy atom. The lowest BCUT2D eigenvalue weighted by atomic mass is 10.0. The normalized spacial score (nSPS) is 18.1. The lowest BCUT2D eigenvalue weighted by Gasteiger charge is -2.24. The highest BCUT2D eigenvalue weighted by Gasteiger charge is 2.26. The zero-order chi connectivity index (χ0) is 15.9. The Bertz CT molecular complexity index is 516. The quantitative estimate of drug-likeness (QED) is 0.839. The van der Waals surface area contributed by atoms with E-state index in [2.05, 4.69) is 22.3 Å². The van der Waals surface area contributed by atoms with Crippen molar-refractivity contribution in [3.63, 3.8) is 0 Å². The number of urea groups is 1. The molecule has 1 unspecified atom stereocenters. The molecule has 0 spiro atoms. The molecule has 0 saturated carbocycles. The predicted molar refractivity (Wildman–Crippen MR) is 83.5 cm³/mol. The van der Waals surface area contributed by atoms with E-state index in [1.54, 1.807) is 0 Å². The summed E-state index contributed by atoms with van der Waals surface area (Å²) in [6, 6.07) is 7.64. The number of rotatable bonds is 6. The van der Waals surface area contributed by atoms with Crippen LogP contribution in [0.1, 0.15) is 37.8 Å². The van der Waals surface area contributed by atoms with Crippen LogP contribution >= 0.6 is 0 Å². The van der Waals surface area contributed by atoms with Gasteiger partial charge in [-0.1, -0.05) is 12.1 Å². The molecule has 1 saturated heterocycles. The molecule has 6 nitrogen and oxygen atoms in total. The van der Waals surface area contributed by atoms with Crippen molar-refractivity contribution in [2.45, 2.75) is 32.2 Å². The molecule has 2 rings (SSSR count). The van der Waals surface area contributed by atoms with Crippen LogP contribution in [0.4, 0.5) is 4.79 Å². The summed E-state index contributed by atoms with van der Waals surface area (Å²) in [4.78, 5) is 24.4. The van der Waals surface area contributed by atoms with Crippen molar-refractivity contribution < 1.29 is 14.3 Å². The summed E-state index contributed by atoms with van der Waals surface area (Å²) < 4.78 is 5.46. The number of hydrogen-bond donors (Lipinski definition) is 2. The zero-order valence-electron chi connectivity index (χ0n) is 12.9. The van der Waals surface area contributed by atoms with Crippen molar-refractivity contribution in [3.05, 3.63) is 29.8 Å². The molecule has 3 N–H and O–H groups in total. The van der Waals surface area contributed by atoms with Crippen LogP contribution in [0.2, 0.25) is 0 Å². The fourth-order valence-corrected chi connectivity index (χ4v) is 2.87. The monoisotopic (exact) mass is 305 g/mol. The molecule has 3 amide bonds. The van der Waals surface area contributed by atoms with Crippen LogP contribution in [-0.2, 0) is 4.79 Å². The van der Waals surface area contributed by atoms with Crippen molar-refractivity contribution in [3.8, 4) is 5.75 Å². The Hall–Kier alpha value is -2.08. The molecule has 6 heteroatoms. The van der Waals surface area contributed by atoms with Crippen LogP contribution in [0.25, 0.3) is 0 Å². The zero-order valence-corrected chi connectivity index (χ0v) is 12.9. The van der Waals surface area contributed by atoms with Crippen molar-refractivity contribution in [1.82, 2.24) is 10.2 Å². The molecule has 0 aromatic heterocycles. The molecule has 0 radical (unpaired) electrons. The van der Waals surface area contributed by atoms with Crippen LogP contribution < -0.4 is 15.8 Å². The number of nitrogens with two attached hydrogens (primary N) is 1. The van der Waals surface area contributed by atoms with Gasteiger partial charge in [0.05, 0.1) is 6.61 Å². The highest BCUT2D eigenvalue weighted by atomic mass is 16.5. The van der Waals surface area contributed by atoms with Gasteiger partial charge in [-0.25, -0.2) is 4.79 Å². The van der Waals surface area contributed by atoms with E-state index in [1.807, 2.05) is 19.1 Å². The third kappa shape index (κ3) is 4.46. The highest BCUT2D eigenvalue weighted by molar-refractivity contribution is 5.93. The van der Waals surface area contributed by atoms with E-state index in [0.717, 1.165) is 25.1 Å². The minimum Gasteiger partial charge on any atom is -0.494 e. The SMILES string of the molecule is CCOc1ccc(C2CCCN2CCC(=O)NC(N)=O)cc1. The van der Waals surface area contributed by atoms with Gasteiger partial charge in [0.25, 0.3) is 0 Å². The predicted octanol–water partition coefficient (Wildman–Crippen LogP) is 1.81. The van der Waals surface area contributed by atoms with Gasteiger partial charge in [-0.05, 0) is 44.0 Å². The van der Waals surface area contributed by atoms with Crippen molar-refractivity contribution in [1.29, 1.82) is 0 Å². The molecule has 1 aromatic rings. The molecule has 120 valence electrons. The summed E-state index contributed by atoms with van der Waals surface area (Å²) in [5.74, 6) is 0.543. The fourth-order valence-electron chi connectivity index (χ4n) is 2.87. The van der Waals surface area contributed by atoms with Gasteiger partial charge < -0.3 is 10.5 Å². The molecule has 0 bridgehead atoms. The first-order valence-corrected chi connectivity index (χ1v) is 7.66. The van der Waals surface area contributed by atoms with Crippen LogP contribution in [-0.4, -0.2) is 36.5 Å². The van der Waals surface area contributed by atoms with Crippen LogP contribution in [0.5, 0.6) is 5.75 Å². The maximum atomic E-state index is 11.5. The number of carbonyl (C=O) groups is 2. The number of imide groups is 1. The molecule has 1 fully saturated rings. The molecule has 0 aliphatic carbocycles. The van der Waals surface area contributed by atoms with Crippen molar-refractivity contribution in [2.24, 2.45) is 5.73 Å². The van der Waals surface area contributed by atoms with Crippen LogP contribution in [0, 0.1) is 0 Å². The minimum absolute atomic E-state index is 0.274. The topological polar surface area (TPSA) is 84.7 Å². The first kappa shape index (κ1) is 16.3. The summed E-state index contributed by atoms with van der Waals surface area (Å²) in [5.41, 5.74) is 6.17. The molecule has 1 aliphatic heterocycles. The van der Waals surface area contributed by atoms with Gasteiger partial charge in [-0.3, -0.25) is 15.0 Å². The Morgan fingerprint density at radius 3 is 2.73 bits per heavy atom. The van der Waals surface area contributed by atoms with Crippen molar-refractivity contribution in [2.75, 3.05) is 19.7 Å². The minimum atomic E-state index is -0.797. The number of primary amides is 1. The van der Waals surface area contributed by atoms with E-state index in [0.29, 0.717) is 19.2 Å². The van der Waals surface area contributed by atoms with E-state index in [-0.39, 0.29) is 12.3 Å². The Morgan fingerprint density at radius 2 is 2.09 bits per heavy atom. The number of hydrogen-bond acceptors (Lipinski definition) is 4. The molecule has 1 heterocycles. The molecular weight excluding hydrogens is 282 g/mol. The smallest absolute Gasteiger partial charge is 0.318 e. The van der Waals surface area contributed by atoms with E-state index in [1.165, 1.54) is 5.56 Å². The second kappa shape index (κ2) is 7.79. The fraction of sp³-hybridized carbons (Fsp3) is 0.500. The number of benzene rings is 1. The average molecular weight is 305 g/mol. The van der Waals surface area contributed by atoms with Crippen LogP contribution in [0.15, 0.2) is 24.3 Å². The van der Waals surface area contributed by atoms with Gasteiger partial charge in [0.1, 0.15) is 5.75 Å². The standard InChI is InChI=1S/C16H23N3O3/c1-2-22-13-7-5-12(6-8-13)14-4-3-10-19(14)11-9-15(20)18-16(17)21/h5-8,14H,2-4,9-11H2,1H3,(H3,17,18,20,21). The Balaban J connectivity index is 1.92. The first-order chi connectivity index (χ1) is 10.6. The Labute approximate surface area is 130 Å². The lowest BCUT2D eigenvalue weighted by Crippen LogP contribution is -2.37. The molecule has 1 aromatic carbocycles. The van der Waals surface area contributed by atoms with Gasteiger partial charge in [-0.2, -0.15) is 0 Å². The molecular formula is C16H23N3O3. The van der Waals surface area contributed by atoms with E-state index in [9.17, 15) is 9.59 Å². The van der Waals surface area contributed by atoms with Gasteiger partial charge in [0.2, 0.25) is 5.91 Å². The van der Waals surface area contributed by atoms with E-state index in [4.69, 9.17) is 10.5 Å². The number of ether oxygens (including phenoxy) is 1. The number of amides is 3. The number of nitrogens with zero attached hydrogens (tertiary/aromatic N) is 1. The summed E-state index contributed by atoms with van der Waals surface area (Å²) in [6.07, 6.45) is 2.46. The maximum Gasteiger partial charge on any atom is 0.318 e. The number of nitrogens with one attached hydrogen (secondary N) is 1. The second-order valence-electron chi connectivity index (χ2n) is 5.36. The molecule has 1 aliphatic rings. The third-order valence-corrected chi connectivity index (χ3v) is 3.83.